The lowest BCUT2D eigenvalue weighted by Gasteiger charge is -2.61. The molecule has 302 valence electrons. The van der Waals surface area contributed by atoms with E-state index in [1.807, 2.05) is 0 Å². The molecule has 1 heteroatoms. The average molecular weight is 792 g/mol. The van der Waals surface area contributed by atoms with Crippen molar-refractivity contribution in [1.29, 1.82) is 0 Å². The van der Waals surface area contributed by atoms with Crippen LogP contribution in [-0.2, 0) is 16.2 Å². The van der Waals surface area contributed by atoms with Gasteiger partial charge in [-0.25, -0.2) is 0 Å². The average Bonchev–Trinajstić information content (AvgIpc) is 3.58. The SMILES string of the molecule is CC1(C)CCC(C)(C)c2c(-c3ccccc3N(c3ccc(-c4ccccc4)cc3)c3ccc(-c4ccc5c(c4)C4(c6ccccc6-5)C5CC6CC(C5)CC4C6)cc3)cccc21. The second-order valence-corrected chi connectivity index (χ2v) is 20.8. The molecule has 0 N–H and O–H groups in total. The van der Waals surface area contributed by atoms with E-state index in [1.54, 1.807) is 11.1 Å². The van der Waals surface area contributed by atoms with Gasteiger partial charge in [0.1, 0.15) is 0 Å². The monoisotopic (exact) mass is 791 g/mol. The third-order valence-electron chi connectivity index (χ3n) is 16.5. The third-order valence-corrected chi connectivity index (χ3v) is 16.5. The smallest absolute Gasteiger partial charge is 0.0540 e. The molecule has 0 saturated heterocycles. The number of benzene rings is 7. The maximum absolute atomic E-state index is 2.63. The summed E-state index contributed by atoms with van der Waals surface area (Å²) in [5, 5.41) is 0. The van der Waals surface area contributed by atoms with E-state index < -0.39 is 0 Å². The number of nitrogens with zero attached hydrogens (tertiary/aromatic N) is 1. The standard InChI is InChI=1S/C60H57N/c1-58(2)31-32-59(3,4)57-52(17-12-19-54(57)58)51-16-9-11-20-56(51)61(47-26-21-42(22-27-47)41-13-6-5-7-14-41)48-28-23-43(24-29-48)44-25-30-50-49-15-8-10-18-53(49)60(55(50)38-44)45-34-39-33-40(36-45)37-46(60)35-39/h5-30,38-40,45-46H,31-37H2,1-4H3. The fourth-order valence-electron chi connectivity index (χ4n) is 13.8. The Kier molecular flexibility index (Phi) is 8.32. The van der Waals surface area contributed by atoms with Crippen LogP contribution >= 0.6 is 0 Å². The molecule has 6 aliphatic rings. The third kappa shape index (κ3) is 5.65. The number of hydrogen-bond acceptors (Lipinski definition) is 1. The molecule has 0 heterocycles. The van der Waals surface area contributed by atoms with E-state index >= 15 is 0 Å². The minimum atomic E-state index is 0.0742. The molecule has 0 radical (unpaired) electrons. The molecule has 4 saturated carbocycles. The molecule has 61 heavy (non-hydrogen) atoms. The van der Waals surface area contributed by atoms with Crippen LogP contribution in [0.1, 0.15) is 94.9 Å². The maximum Gasteiger partial charge on any atom is 0.0540 e. The number of para-hydroxylation sites is 1. The van der Waals surface area contributed by atoms with Crippen molar-refractivity contribution in [2.45, 2.75) is 88.9 Å². The summed E-state index contributed by atoms with van der Waals surface area (Å²) in [5.74, 6) is 3.40. The Morgan fingerprint density at radius 1 is 0.393 bits per heavy atom. The lowest BCUT2D eigenvalue weighted by molar-refractivity contribution is -0.0399. The largest absolute Gasteiger partial charge is 0.310 e. The first-order chi connectivity index (χ1) is 29.7. The number of anilines is 3. The van der Waals surface area contributed by atoms with Gasteiger partial charge in [0.2, 0.25) is 0 Å². The van der Waals surface area contributed by atoms with E-state index in [2.05, 4.69) is 196 Å². The molecule has 1 nitrogen and oxygen atoms in total. The lowest BCUT2D eigenvalue weighted by Crippen LogP contribution is -2.55. The molecule has 7 aromatic rings. The predicted octanol–water partition coefficient (Wildman–Crippen LogP) is 16.2. The summed E-state index contributed by atoms with van der Waals surface area (Å²) in [6.07, 6.45) is 9.48. The fraction of sp³-hybridized carbons (Fsp3) is 0.300. The van der Waals surface area contributed by atoms with Gasteiger partial charge < -0.3 is 4.90 Å². The van der Waals surface area contributed by atoms with Crippen LogP contribution in [0.4, 0.5) is 17.1 Å². The van der Waals surface area contributed by atoms with Gasteiger partial charge in [-0.2, -0.15) is 0 Å². The predicted molar refractivity (Wildman–Crippen MR) is 256 cm³/mol. The molecule has 4 fully saturated rings. The van der Waals surface area contributed by atoms with Gasteiger partial charge in [-0.05, 0) is 177 Å². The van der Waals surface area contributed by atoms with Crippen LogP contribution in [0.2, 0.25) is 0 Å². The van der Waals surface area contributed by atoms with Crippen molar-refractivity contribution >= 4 is 17.1 Å². The number of rotatable bonds is 6. The number of hydrogen-bond donors (Lipinski definition) is 0. The van der Waals surface area contributed by atoms with Crippen molar-refractivity contribution in [1.82, 2.24) is 0 Å². The van der Waals surface area contributed by atoms with Gasteiger partial charge in [0.05, 0.1) is 5.69 Å². The Morgan fingerprint density at radius 2 is 0.902 bits per heavy atom. The van der Waals surface area contributed by atoms with Gasteiger partial charge >= 0.3 is 0 Å². The van der Waals surface area contributed by atoms with Crippen molar-refractivity contribution in [2.75, 3.05) is 4.90 Å². The Bertz CT molecular complexity index is 2780. The first-order valence-electron chi connectivity index (χ1n) is 23.2. The van der Waals surface area contributed by atoms with E-state index in [4.69, 9.17) is 0 Å². The van der Waals surface area contributed by atoms with Crippen molar-refractivity contribution in [3.05, 3.63) is 186 Å². The Balaban J connectivity index is 0.980. The van der Waals surface area contributed by atoms with Crippen molar-refractivity contribution < 1.29 is 0 Å². The quantitative estimate of drug-likeness (QED) is 0.162. The van der Waals surface area contributed by atoms with Gasteiger partial charge in [-0.15, -0.1) is 0 Å². The molecule has 0 aliphatic heterocycles. The molecule has 4 bridgehead atoms. The first kappa shape index (κ1) is 37.1. The summed E-state index contributed by atoms with van der Waals surface area (Å²) in [4.78, 5) is 2.50. The van der Waals surface area contributed by atoms with Gasteiger partial charge in [0, 0.05) is 22.4 Å². The van der Waals surface area contributed by atoms with Crippen LogP contribution in [0, 0.1) is 23.7 Å². The second kappa shape index (κ2) is 13.7. The minimum Gasteiger partial charge on any atom is -0.310 e. The van der Waals surface area contributed by atoms with E-state index in [1.165, 1.54) is 112 Å². The van der Waals surface area contributed by atoms with E-state index in [0.29, 0.717) is 0 Å². The van der Waals surface area contributed by atoms with Crippen molar-refractivity contribution in [3.8, 4) is 44.5 Å². The minimum absolute atomic E-state index is 0.0742. The topological polar surface area (TPSA) is 3.24 Å². The Labute approximate surface area is 363 Å². The lowest BCUT2D eigenvalue weighted by atomic mass is 9.43. The molecule has 6 aliphatic carbocycles. The molecule has 0 unspecified atom stereocenters. The summed E-state index contributed by atoms with van der Waals surface area (Å²) >= 11 is 0. The number of fused-ring (bicyclic) bond motifs is 4. The highest BCUT2D eigenvalue weighted by Crippen LogP contribution is 2.69. The van der Waals surface area contributed by atoms with Crippen LogP contribution < -0.4 is 4.90 Å². The summed E-state index contributed by atoms with van der Waals surface area (Å²) in [5.41, 5.74) is 20.8. The molecule has 0 aromatic heterocycles. The zero-order chi connectivity index (χ0) is 41.1. The van der Waals surface area contributed by atoms with Crippen molar-refractivity contribution in [2.24, 2.45) is 23.7 Å². The molecule has 7 aromatic carbocycles. The first-order valence-corrected chi connectivity index (χ1v) is 23.2. The van der Waals surface area contributed by atoms with E-state index in [-0.39, 0.29) is 16.2 Å². The highest BCUT2D eigenvalue weighted by Gasteiger charge is 2.61. The van der Waals surface area contributed by atoms with Crippen LogP contribution in [0.15, 0.2) is 164 Å². The molecule has 13 rings (SSSR count). The van der Waals surface area contributed by atoms with Crippen LogP contribution in [-0.4, -0.2) is 0 Å². The zero-order valence-electron chi connectivity index (χ0n) is 36.3. The highest BCUT2D eigenvalue weighted by atomic mass is 15.1. The highest BCUT2D eigenvalue weighted by molar-refractivity contribution is 5.91. The second-order valence-electron chi connectivity index (χ2n) is 20.8. The van der Waals surface area contributed by atoms with Gasteiger partial charge in [0.25, 0.3) is 0 Å². The molecule has 0 amide bonds. The summed E-state index contributed by atoms with van der Waals surface area (Å²) < 4.78 is 0. The molecule has 0 atom stereocenters. The summed E-state index contributed by atoms with van der Waals surface area (Å²) in [6, 6.07) is 62.6. The zero-order valence-corrected chi connectivity index (χ0v) is 36.3. The normalized spacial score (nSPS) is 24.6. The van der Waals surface area contributed by atoms with E-state index in [9.17, 15) is 0 Å². The van der Waals surface area contributed by atoms with Crippen LogP contribution in [0.3, 0.4) is 0 Å². The van der Waals surface area contributed by atoms with Crippen LogP contribution in [0.5, 0.6) is 0 Å². The summed E-state index contributed by atoms with van der Waals surface area (Å²) in [6.45, 7) is 9.77. The Hall–Kier alpha value is -5.66. The Morgan fingerprint density at radius 3 is 1.59 bits per heavy atom. The summed E-state index contributed by atoms with van der Waals surface area (Å²) in [7, 11) is 0. The maximum atomic E-state index is 2.63. The fourth-order valence-corrected chi connectivity index (χ4v) is 13.8. The van der Waals surface area contributed by atoms with Gasteiger partial charge in [-0.1, -0.05) is 155 Å². The van der Waals surface area contributed by atoms with Gasteiger partial charge in [0.15, 0.2) is 0 Å². The van der Waals surface area contributed by atoms with Crippen LogP contribution in [0.25, 0.3) is 44.5 Å². The molecular weight excluding hydrogens is 735 g/mol. The molecular formula is C60H57N. The van der Waals surface area contributed by atoms with Crippen molar-refractivity contribution in [3.63, 3.8) is 0 Å². The van der Waals surface area contributed by atoms with Gasteiger partial charge in [-0.3, -0.25) is 0 Å². The van der Waals surface area contributed by atoms with E-state index in [0.717, 1.165) is 29.4 Å². The molecule has 1 spiro atoms.